The van der Waals surface area contributed by atoms with Gasteiger partial charge in [-0.05, 0) is 17.0 Å². The van der Waals surface area contributed by atoms with E-state index in [-0.39, 0.29) is 6.10 Å². The lowest BCUT2D eigenvalue weighted by Crippen LogP contribution is -2.08. The summed E-state index contributed by atoms with van der Waals surface area (Å²) in [5.74, 6) is 1.48. The van der Waals surface area contributed by atoms with Crippen molar-refractivity contribution in [3.8, 4) is 5.75 Å². The molecular formula is C19H17ClO. The average molecular weight is 297 g/mol. The van der Waals surface area contributed by atoms with Crippen LogP contribution in [0.2, 0.25) is 0 Å². The lowest BCUT2D eigenvalue weighted by atomic mass is 10.1. The van der Waals surface area contributed by atoms with Crippen molar-refractivity contribution in [2.24, 2.45) is 0 Å². The van der Waals surface area contributed by atoms with Crippen LogP contribution in [0.25, 0.3) is 10.8 Å². The minimum absolute atomic E-state index is 0.0190. The molecule has 0 heterocycles. The third-order valence-corrected chi connectivity index (χ3v) is 3.78. The Morgan fingerprint density at radius 1 is 0.810 bits per heavy atom. The van der Waals surface area contributed by atoms with Crippen molar-refractivity contribution in [2.75, 3.05) is 5.88 Å². The summed E-state index contributed by atoms with van der Waals surface area (Å²) in [4.78, 5) is 0. The van der Waals surface area contributed by atoms with Crippen LogP contribution in [-0.4, -0.2) is 5.88 Å². The van der Waals surface area contributed by atoms with E-state index in [1.807, 2.05) is 42.5 Å². The Balaban J connectivity index is 1.95. The van der Waals surface area contributed by atoms with E-state index in [0.717, 1.165) is 23.1 Å². The number of alkyl halides is 1. The van der Waals surface area contributed by atoms with Crippen LogP contribution in [0.4, 0.5) is 0 Å². The lowest BCUT2D eigenvalue weighted by Gasteiger charge is -2.20. The second kappa shape index (κ2) is 6.64. The third kappa shape index (κ3) is 3.20. The molecule has 0 amide bonds. The first-order valence-corrected chi connectivity index (χ1v) is 7.67. The van der Waals surface area contributed by atoms with Crippen molar-refractivity contribution < 1.29 is 4.74 Å². The van der Waals surface area contributed by atoms with Crippen LogP contribution < -0.4 is 4.74 Å². The van der Waals surface area contributed by atoms with Crippen LogP contribution >= 0.6 is 11.6 Å². The highest BCUT2D eigenvalue weighted by Crippen LogP contribution is 2.31. The fraction of sp³-hybridized carbons (Fsp3) is 0.158. The molecule has 2 heteroatoms. The first kappa shape index (κ1) is 14.0. The van der Waals surface area contributed by atoms with Crippen LogP contribution in [0.1, 0.15) is 18.1 Å². The summed E-state index contributed by atoms with van der Waals surface area (Å²) < 4.78 is 6.27. The molecule has 0 spiro atoms. The first-order chi connectivity index (χ1) is 10.4. The van der Waals surface area contributed by atoms with Crippen LogP contribution in [0, 0.1) is 0 Å². The van der Waals surface area contributed by atoms with Gasteiger partial charge in [-0.15, -0.1) is 11.6 Å². The molecule has 0 aliphatic carbocycles. The van der Waals surface area contributed by atoms with Gasteiger partial charge in [0, 0.05) is 17.7 Å². The molecule has 21 heavy (non-hydrogen) atoms. The Labute approximate surface area is 130 Å². The predicted molar refractivity (Wildman–Crippen MR) is 89.1 cm³/mol. The second-order valence-electron chi connectivity index (χ2n) is 4.97. The Hall–Kier alpha value is -1.99. The van der Waals surface area contributed by atoms with Gasteiger partial charge in [-0.25, -0.2) is 0 Å². The zero-order chi connectivity index (χ0) is 14.5. The van der Waals surface area contributed by atoms with Crippen LogP contribution in [0.15, 0.2) is 72.8 Å². The first-order valence-electron chi connectivity index (χ1n) is 7.14. The van der Waals surface area contributed by atoms with Gasteiger partial charge >= 0.3 is 0 Å². The molecule has 3 rings (SSSR count). The fourth-order valence-electron chi connectivity index (χ4n) is 2.51. The summed E-state index contributed by atoms with van der Waals surface area (Å²) in [5.41, 5.74) is 1.16. The van der Waals surface area contributed by atoms with Gasteiger partial charge in [-0.3, -0.25) is 0 Å². The summed E-state index contributed by atoms with van der Waals surface area (Å²) in [7, 11) is 0. The molecule has 3 aromatic carbocycles. The highest BCUT2D eigenvalue weighted by molar-refractivity contribution is 6.17. The van der Waals surface area contributed by atoms with Crippen molar-refractivity contribution in [2.45, 2.75) is 12.5 Å². The van der Waals surface area contributed by atoms with Crippen LogP contribution in [-0.2, 0) is 0 Å². The highest BCUT2D eigenvalue weighted by Gasteiger charge is 2.13. The third-order valence-electron chi connectivity index (χ3n) is 3.56. The topological polar surface area (TPSA) is 9.23 Å². The monoisotopic (exact) mass is 296 g/mol. The summed E-state index contributed by atoms with van der Waals surface area (Å²) in [5, 5.41) is 2.32. The number of hydrogen-bond acceptors (Lipinski definition) is 1. The minimum atomic E-state index is -0.0190. The fourth-order valence-corrected chi connectivity index (χ4v) is 2.71. The summed E-state index contributed by atoms with van der Waals surface area (Å²) in [6, 6.07) is 24.7. The summed E-state index contributed by atoms with van der Waals surface area (Å²) >= 11 is 5.95. The SMILES string of the molecule is ClCCC(Oc1cccc2ccccc12)c1ccccc1. The van der Waals surface area contributed by atoms with Gasteiger partial charge in [0.25, 0.3) is 0 Å². The second-order valence-corrected chi connectivity index (χ2v) is 5.35. The molecule has 0 aliphatic rings. The van der Waals surface area contributed by atoms with E-state index in [4.69, 9.17) is 16.3 Å². The molecule has 0 bridgehead atoms. The Kier molecular flexibility index (Phi) is 4.42. The van der Waals surface area contributed by atoms with E-state index < -0.39 is 0 Å². The van der Waals surface area contributed by atoms with Gasteiger partial charge in [-0.2, -0.15) is 0 Å². The molecule has 0 N–H and O–H groups in total. The van der Waals surface area contributed by atoms with Gasteiger partial charge < -0.3 is 4.74 Å². The average Bonchev–Trinajstić information content (AvgIpc) is 2.55. The van der Waals surface area contributed by atoms with E-state index in [1.54, 1.807) is 0 Å². The lowest BCUT2D eigenvalue weighted by molar-refractivity contribution is 0.205. The van der Waals surface area contributed by atoms with Gasteiger partial charge in [0.15, 0.2) is 0 Å². The molecule has 0 saturated heterocycles. The Morgan fingerprint density at radius 3 is 2.33 bits per heavy atom. The van der Waals surface area contributed by atoms with E-state index >= 15 is 0 Å². The Bertz CT molecular complexity index is 704. The smallest absolute Gasteiger partial charge is 0.128 e. The maximum Gasteiger partial charge on any atom is 0.128 e. The zero-order valence-electron chi connectivity index (χ0n) is 11.7. The summed E-state index contributed by atoms with van der Waals surface area (Å²) in [6.07, 6.45) is 0.768. The van der Waals surface area contributed by atoms with E-state index in [2.05, 4.69) is 30.3 Å². The van der Waals surface area contributed by atoms with E-state index in [9.17, 15) is 0 Å². The van der Waals surface area contributed by atoms with Gasteiger partial charge in [-0.1, -0.05) is 66.7 Å². The van der Waals surface area contributed by atoms with Crippen LogP contribution in [0.5, 0.6) is 5.75 Å². The molecule has 0 aliphatic heterocycles. The van der Waals surface area contributed by atoms with Gasteiger partial charge in [0.2, 0.25) is 0 Å². The van der Waals surface area contributed by atoms with Crippen molar-refractivity contribution in [3.05, 3.63) is 78.4 Å². The molecule has 1 nitrogen and oxygen atoms in total. The van der Waals surface area contributed by atoms with Crippen molar-refractivity contribution in [1.82, 2.24) is 0 Å². The molecule has 0 saturated carbocycles. The minimum Gasteiger partial charge on any atom is -0.485 e. The molecule has 3 aromatic rings. The van der Waals surface area contributed by atoms with Crippen molar-refractivity contribution >= 4 is 22.4 Å². The molecule has 1 unspecified atom stereocenters. The van der Waals surface area contributed by atoms with Crippen molar-refractivity contribution in [3.63, 3.8) is 0 Å². The Morgan fingerprint density at radius 2 is 1.52 bits per heavy atom. The largest absolute Gasteiger partial charge is 0.485 e. The number of hydrogen-bond donors (Lipinski definition) is 0. The molecular weight excluding hydrogens is 280 g/mol. The number of fused-ring (bicyclic) bond motifs is 1. The quantitative estimate of drug-likeness (QED) is 0.558. The van der Waals surface area contributed by atoms with Gasteiger partial charge in [0.05, 0.1) is 0 Å². The highest BCUT2D eigenvalue weighted by atomic mass is 35.5. The molecule has 0 aromatic heterocycles. The van der Waals surface area contributed by atoms with E-state index in [0.29, 0.717) is 5.88 Å². The molecule has 1 atom stereocenters. The molecule has 0 fully saturated rings. The number of halogens is 1. The van der Waals surface area contributed by atoms with E-state index in [1.165, 1.54) is 5.39 Å². The zero-order valence-corrected chi connectivity index (χ0v) is 12.5. The van der Waals surface area contributed by atoms with Gasteiger partial charge in [0.1, 0.15) is 11.9 Å². The maximum absolute atomic E-state index is 6.27. The van der Waals surface area contributed by atoms with Crippen molar-refractivity contribution in [1.29, 1.82) is 0 Å². The maximum atomic E-state index is 6.27. The molecule has 0 radical (unpaired) electrons. The summed E-state index contributed by atoms with van der Waals surface area (Å²) in [6.45, 7) is 0. The molecule has 106 valence electrons. The number of rotatable bonds is 5. The normalized spacial score (nSPS) is 12.2. The number of ether oxygens (including phenoxy) is 1. The number of benzene rings is 3. The predicted octanol–water partition coefficient (Wildman–Crippen LogP) is 5.59. The standard InChI is InChI=1S/C19H17ClO/c20-14-13-18(16-8-2-1-3-9-16)21-19-12-6-10-15-7-4-5-11-17(15)19/h1-12,18H,13-14H2. The van der Waals surface area contributed by atoms with Crippen LogP contribution in [0.3, 0.4) is 0 Å².